The fourth-order valence-corrected chi connectivity index (χ4v) is 2.14. The molecule has 1 nitrogen and oxygen atoms in total. The number of rotatable bonds is 4. The molecule has 0 saturated carbocycles. The molecule has 112 valence electrons. The van der Waals surface area contributed by atoms with E-state index in [4.69, 9.17) is 11.6 Å². The van der Waals surface area contributed by atoms with Crippen LogP contribution in [0.4, 0.5) is 23.2 Å². The monoisotopic (exact) mass is 317 g/mol. The van der Waals surface area contributed by atoms with E-state index in [1.165, 1.54) is 12.1 Å². The van der Waals surface area contributed by atoms with E-state index >= 15 is 0 Å². The van der Waals surface area contributed by atoms with Gasteiger partial charge in [0.25, 0.3) is 0 Å². The molecular weight excluding hydrogens is 306 g/mol. The Morgan fingerprint density at radius 1 is 1.05 bits per heavy atom. The Morgan fingerprint density at radius 3 is 2.29 bits per heavy atom. The van der Waals surface area contributed by atoms with Crippen molar-refractivity contribution in [3.8, 4) is 0 Å². The first-order valence-corrected chi connectivity index (χ1v) is 6.56. The molecule has 1 N–H and O–H groups in total. The Hall–Kier alpha value is -1.75. The van der Waals surface area contributed by atoms with Crippen LogP contribution in [0.25, 0.3) is 0 Å². The van der Waals surface area contributed by atoms with Crippen molar-refractivity contribution in [2.75, 3.05) is 5.32 Å². The predicted molar refractivity (Wildman–Crippen MR) is 74.9 cm³/mol. The molecule has 2 aromatic carbocycles. The maximum absolute atomic E-state index is 13.1. The fourth-order valence-electron chi connectivity index (χ4n) is 1.96. The minimum atomic E-state index is -4.32. The molecule has 0 bridgehead atoms. The molecule has 6 heteroatoms. The molecule has 0 radical (unpaired) electrons. The highest BCUT2D eigenvalue weighted by molar-refractivity contribution is 6.31. The number of nitrogens with one attached hydrogen (secondary N) is 1. The summed E-state index contributed by atoms with van der Waals surface area (Å²) in [7, 11) is 0. The van der Waals surface area contributed by atoms with Crippen LogP contribution in [0.15, 0.2) is 48.5 Å². The topological polar surface area (TPSA) is 12.0 Å². The third kappa shape index (κ3) is 4.63. The third-order valence-electron chi connectivity index (χ3n) is 2.90. The Bertz CT molecular complexity index is 598. The van der Waals surface area contributed by atoms with Gasteiger partial charge in [-0.05, 0) is 23.8 Å². The van der Waals surface area contributed by atoms with E-state index in [9.17, 15) is 17.6 Å². The number of alkyl halides is 3. The lowest BCUT2D eigenvalue weighted by Gasteiger charge is -2.22. The summed E-state index contributed by atoms with van der Waals surface area (Å²) < 4.78 is 51.2. The van der Waals surface area contributed by atoms with Gasteiger partial charge in [-0.25, -0.2) is 4.39 Å². The summed E-state index contributed by atoms with van der Waals surface area (Å²) in [5.41, 5.74) is 0.828. The smallest absolute Gasteiger partial charge is 0.378 e. The second-order valence-corrected chi connectivity index (χ2v) is 4.96. The first-order chi connectivity index (χ1) is 9.85. The molecule has 0 aliphatic rings. The summed E-state index contributed by atoms with van der Waals surface area (Å²) in [5, 5.41) is 2.61. The van der Waals surface area contributed by atoms with Crippen LogP contribution in [0.1, 0.15) is 18.0 Å². The largest absolute Gasteiger partial charge is 0.391 e. The van der Waals surface area contributed by atoms with Gasteiger partial charge >= 0.3 is 6.18 Å². The van der Waals surface area contributed by atoms with E-state index in [0.717, 1.165) is 6.07 Å². The highest BCUT2D eigenvalue weighted by atomic mass is 35.5. The number of hydrogen-bond acceptors (Lipinski definition) is 1. The van der Waals surface area contributed by atoms with Gasteiger partial charge in [0.1, 0.15) is 5.82 Å². The molecule has 0 spiro atoms. The number of anilines is 1. The van der Waals surface area contributed by atoms with Gasteiger partial charge in [-0.2, -0.15) is 13.2 Å². The standard InChI is InChI=1S/C15H12ClF4N/c16-12-8-11(6-7-13(12)17)21-14(9-15(18,19)20)10-4-2-1-3-5-10/h1-8,14,21H,9H2. The molecule has 1 unspecified atom stereocenters. The molecule has 1 atom stereocenters. The van der Waals surface area contributed by atoms with E-state index in [-0.39, 0.29) is 5.02 Å². The van der Waals surface area contributed by atoms with Crippen molar-refractivity contribution in [3.63, 3.8) is 0 Å². The first-order valence-electron chi connectivity index (χ1n) is 6.18. The van der Waals surface area contributed by atoms with Gasteiger partial charge in [0.2, 0.25) is 0 Å². The van der Waals surface area contributed by atoms with E-state index in [0.29, 0.717) is 11.3 Å². The Kier molecular flexibility index (Phi) is 4.73. The van der Waals surface area contributed by atoms with Crippen molar-refractivity contribution < 1.29 is 17.6 Å². The average Bonchev–Trinajstić information content (AvgIpc) is 2.42. The summed E-state index contributed by atoms with van der Waals surface area (Å²) >= 11 is 5.64. The second-order valence-electron chi connectivity index (χ2n) is 4.56. The van der Waals surface area contributed by atoms with Gasteiger partial charge < -0.3 is 5.32 Å². The van der Waals surface area contributed by atoms with Crippen LogP contribution in [-0.4, -0.2) is 6.18 Å². The summed E-state index contributed by atoms with van der Waals surface area (Å²) in [5.74, 6) is -0.616. The lowest BCUT2D eigenvalue weighted by molar-refractivity contribution is -0.137. The third-order valence-corrected chi connectivity index (χ3v) is 3.19. The van der Waals surface area contributed by atoms with E-state index in [2.05, 4.69) is 5.32 Å². The zero-order valence-corrected chi connectivity index (χ0v) is 11.5. The molecule has 0 aliphatic heterocycles. The lowest BCUT2D eigenvalue weighted by Crippen LogP contribution is -2.20. The molecule has 0 aromatic heterocycles. The van der Waals surface area contributed by atoms with Crippen molar-refractivity contribution in [1.82, 2.24) is 0 Å². The molecular formula is C15H12ClF4N. The maximum Gasteiger partial charge on any atom is 0.391 e. The first kappa shape index (κ1) is 15.6. The van der Waals surface area contributed by atoms with Crippen LogP contribution in [0.3, 0.4) is 0 Å². The summed E-state index contributed by atoms with van der Waals surface area (Å²) in [6, 6.07) is 11.0. The van der Waals surface area contributed by atoms with E-state index in [1.54, 1.807) is 30.3 Å². The molecule has 0 amide bonds. The molecule has 21 heavy (non-hydrogen) atoms. The van der Waals surface area contributed by atoms with Crippen molar-refractivity contribution >= 4 is 17.3 Å². The molecule has 0 heterocycles. The van der Waals surface area contributed by atoms with Gasteiger partial charge in [0.15, 0.2) is 0 Å². The Balaban J connectivity index is 2.25. The summed E-state index contributed by atoms with van der Waals surface area (Å²) in [6.07, 6.45) is -5.36. The number of hydrogen-bond donors (Lipinski definition) is 1. The molecule has 0 saturated heterocycles. The molecule has 2 rings (SSSR count). The fraction of sp³-hybridized carbons (Fsp3) is 0.200. The maximum atomic E-state index is 13.1. The summed E-state index contributed by atoms with van der Waals surface area (Å²) in [4.78, 5) is 0. The number of benzene rings is 2. The Morgan fingerprint density at radius 2 is 1.71 bits per heavy atom. The molecule has 0 aliphatic carbocycles. The van der Waals surface area contributed by atoms with Crippen LogP contribution in [-0.2, 0) is 0 Å². The van der Waals surface area contributed by atoms with Crippen LogP contribution >= 0.6 is 11.6 Å². The number of halogens is 5. The zero-order chi connectivity index (χ0) is 15.5. The highest BCUT2D eigenvalue weighted by Gasteiger charge is 2.32. The minimum absolute atomic E-state index is 0.140. The van der Waals surface area contributed by atoms with Gasteiger partial charge in [-0.1, -0.05) is 41.9 Å². The normalized spacial score (nSPS) is 13.0. The lowest BCUT2D eigenvalue weighted by atomic mass is 10.0. The minimum Gasteiger partial charge on any atom is -0.378 e. The van der Waals surface area contributed by atoms with Crippen molar-refractivity contribution in [3.05, 3.63) is 64.9 Å². The van der Waals surface area contributed by atoms with E-state index < -0.39 is 24.5 Å². The van der Waals surface area contributed by atoms with Crippen molar-refractivity contribution in [2.45, 2.75) is 18.6 Å². The Labute approximate surface area is 124 Å². The molecule has 0 fully saturated rings. The average molecular weight is 318 g/mol. The second kappa shape index (κ2) is 6.35. The SMILES string of the molecule is Fc1ccc(NC(CC(F)(F)F)c2ccccc2)cc1Cl. The van der Waals surface area contributed by atoms with Gasteiger partial charge in [-0.3, -0.25) is 0 Å². The van der Waals surface area contributed by atoms with Crippen LogP contribution in [0.5, 0.6) is 0 Å². The van der Waals surface area contributed by atoms with Gasteiger partial charge in [0, 0.05) is 5.69 Å². The zero-order valence-electron chi connectivity index (χ0n) is 10.8. The van der Waals surface area contributed by atoms with Crippen molar-refractivity contribution in [1.29, 1.82) is 0 Å². The summed E-state index contributed by atoms with van der Waals surface area (Å²) in [6.45, 7) is 0. The van der Waals surface area contributed by atoms with Crippen LogP contribution in [0, 0.1) is 5.82 Å². The van der Waals surface area contributed by atoms with Crippen LogP contribution in [0.2, 0.25) is 5.02 Å². The van der Waals surface area contributed by atoms with Gasteiger partial charge in [0.05, 0.1) is 17.5 Å². The molecule has 2 aromatic rings. The van der Waals surface area contributed by atoms with Crippen LogP contribution < -0.4 is 5.32 Å². The van der Waals surface area contributed by atoms with Gasteiger partial charge in [-0.15, -0.1) is 0 Å². The quantitative estimate of drug-likeness (QED) is 0.725. The predicted octanol–water partition coefficient (Wildman–Crippen LogP) is 5.58. The highest BCUT2D eigenvalue weighted by Crippen LogP contribution is 2.32. The van der Waals surface area contributed by atoms with Crippen molar-refractivity contribution in [2.24, 2.45) is 0 Å². The van der Waals surface area contributed by atoms with E-state index in [1.807, 2.05) is 0 Å².